The molecule has 0 saturated carbocycles. The van der Waals surface area contributed by atoms with Crippen molar-refractivity contribution in [3.05, 3.63) is 58.4 Å². The predicted molar refractivity (Wildman–Crippen MR) is 131 cm³/mol. The zero-order valence-electron chi connectivity index (χ0n) is 19.4. The predicted octanol–water partition coefficient (Wildman–Crippen LogP) is 3.23. The van der Waals surface area contributed by atoms with Gasteiger partial charge < -0.3 is 4.74 Å². The van der Waals surface area contributed by atoms with Crippen LogP contribution in [0.1, 0.15) is 11.1 Å². The van der Waals surface area contributed by atoms with Gasteiger partial charge in [0.15, 0.2) is 5.82 Å². The summed E-state index contributed by atoms with van der Waals surface area (Å²) in [6, 6.07) is 13.0. The molecule has 1 aromatic heterocycles. The van der Waals surface area contributed by atoms with Crippen molar-refractivity contribution in [2.24, 2.45) is 0 Å². The van der Waals surface area contributed by atoms with Gasteiger partial charge in [0.25, 0.3) is 0 Å². The topological polar surface area (TPSA) is 72.6 Å². The number of morpholine rings is 1. The van der Waals surface area contributed by atoms with Crippen LogP contribution in [0.3, 0.4) is 0 Å². The van der Waals surface area contributed by atoms with Gasteiger partial charge in [-0.05, 0) is 49.3 Å². The molecule has 0 atom stereocenters. The SMILES string of the molecule is Cc1cccc(C)c1-n1c(-c2cccc(S(=O)(=O)N(C)C)c2)nn(CN2CCOCC2)c1=S. The number of hydrogen-bond acceptors (Lipinski definition) is 6. The maximum Gasteiger partial charge on any atom is 0.242 e. The molecular formula is C23H29N5O3S2. The van der Waals surface area contributed by atoms with Crippen LogP contribution >= 0.6 is 12.2 Å². The summed E-state index contributed by atoms with van der Waals surface area (Å²) in [5.74, 6) is 0.612. The van der Waals surface area contributed by atoms with Gasteiger partial charge in [-0.3, -0.25) is 9.47 Å². The van der Waals surface area contributed by atoms with Crippen LogP contribution in [0.4, 0.5) is 0 Å². The van der Waals surface area contributed by atoms with Crippen molar-refractivity contribution in [3.8, 4) is 17.1 Å². The highest BCUT2D eigenvalue weighted by Gasteiger charge is 2.22. The van der Waals surface area contributed by atoms with E-state index in [-0.39, 0.29) is 4.90 Å². The van der Waals surface area contributed by atoms with Crippen molar-refractivity contribution in [1.82, 2.24) is 23.6 Å². The average Bonchev–Trinajstić information content (AvgIpc) is 3.10. The van der Waals surface area contributed by atoms with Gasteiger partial charge in [-0.1, -0.05) is 30.3 Å². The first-order valence-electron chi connectivity index (χ1n) is 10.8. The molecule has 1 saturated heterocycles. The third-order valence-corrected chi connectivity index (χ3v) is 8.02. The number of hydrogen-bond donors (Lipinski definition) is 0. The fraction of sp³-hybridized carbons (Fsp3) is 0.391. The van der Waals surface area contributed by atoms with Gasteiger partial charge in [0.1, 0.15) is 0 Å². The van der Waals surface area contributed by atoms with Crippen molar-refractivity contribution in [3.63, 3.8) is 0 Å². The minimum absolute atomic E-state index is 0.215. The second-order valence-electron chi connectivity index (χ2n) is 8.37. The lowest BCUT2D eigenvalue weighted by atomic mass is 10.1. The summed E-state index contributed by atoms with van der Waals surface area (Å²) >= 11 is 5.91. The van der Waals surface area contributed by atoms with E-state index >= 15 is 0 Å². The van der Waals surface area contributed by atoms with E-state index in [4.69, 9.17) is 22.1 Å². The van der Waals surface area contributed by atoms with Crippen molar-refractivity contribution in [2.45, 2.75) is 25.4 Å². The Hall–Kier alpha value is -2.37. The van der Waals surface area contributed by atoms with Crippen molar-refractivity contribution >= 4 is 22.2 Å². The normalized spacial score (nSPS) is 15.3. The number of aromatic nitrogens is 3. The smallest absolute Gasteiger partial charge is 0.242 e. The summed E-state index contributed by atoms with van der Waals surface area (Å²) in [6.45, 7) is 7.61. The summed E-state index contributed by atoms with van der Waals surface area (Å²) in [6.07, 6.45) is 0. The Bertz CT molecular complexity index is 1300. The lowest BCUT2D eigenvalue weighted by Gasteiger charge is -2.26. The first-order chi connectivity index (χ1) is 15.7. The van der Waals surface area contributed by atoms with Crippen LogP contribution in [0.25, 0.3) is 17.1 Å². The first kappa shape index (κ1) is 23.8. The molecule has 0 N–H and O–H groups in total. The van der Waals surface area contributed by atoms with Crippen LogP contribution in [0.15, 0.2) is 47.4 Å². The molecule has 0 aliphatic carbocycles. The molecule has 0 unspecified atom stereocenters. The number of para-hydroxylation sites is 1. The summed E-state index contributed by atoms with van der Waals surface area (Å²) in [5.41, 5.74) is 3.78. The molecule has 1 aliphatic heterocycles. The number of sulfonamides is 1. The zero-order valence-corrected chi connectivity index (χ0v) is 21.0. The highest BCUT2D eigenvalue weighted by molar-refractivity contribution is 7.89. The molecule has 176 valence electrons. The second-order valence-corrected chi connectivity index (χ2v) is 10.9. The summed E-state index contributed by atoms with van der Waals surface area (Å²) in [5, 5.41) is 4.89. The van der Waals surface area contributed by atoms with Gasteiger partial charge in [-0.25, -0.2) is 17.4 Å². The molecule has 1 fully saturated rings. The van der Waals surface area contributed by atoms with Crippen LogP contribution in [0.2, 0.25) is 0 Å². The van der Waals surface area contributed by atoms with Crippen molar-refractivity contribution in [1.29, 1.82) is 0 Å². The van der Waals surface area contributed by atoms with Crippen LogP contribution < -0.4 is 0 Å². The molecule has 2 heterocycles. The number of rotatable bonds is 6. The molecule has 0 amide bonds. The number of benzene rings is 2. The van der Waals surface area contributed by atoms with E-state index in [2.05, 4.69) is 4.90 Å². The molecule has 1 aliphatic rings. The third kappa shape index (κ3) is 4.67. The fourth-order valence-corrected chi connectivity index (χ4v) is 5.21. The maximum atomic E-state index is 12.8. The molecule has 33 heavy (non-hydrogen) atoms. The molecule has 0 bridgehead atoms. The van der Waals surface area contributed by atoms with Crippen LogP contribution in [-0.2, 0) is 21.4 Å². The number of ether oxygens (including phenoxy) is 1. The lowest BCUT2D eigenvalue weighted by molar-refractivity contribution is 0.0210. The molecule has 0 radical (unpaired) electrons. The van der Waals surface area contributed by atoms with E-state index < -0.39 is 10.0 Å². The Morgan fingerprint density at radius 3 is 2.33 bits per heavy atom. The molecule has 2 aromatic carbocycles. The standard InChI is InChI=1S/C23H29N5O3S2/c1-17-7-5-8-18(2)21(17)28-22(19-9-6-10-20(15-19)33(29,30)25(3)4)24-27(23(28)32)16-26-11-13-31-14-12-26/h5-10,15H,11-14,16H2,1-4H3. The molecule has 0 spiro atoms. The van der Waals surface area contributed by atoms with Crippen LogP contribution in [0.5, 0.6) is 0 Å². The Labute approximate surface area is 200 Å². The van der Waals surface area contributed by atoms with E-state index in [1.54, 1.807) is 18.2 Å². The van der Waals surface area contributed by atoms with E-state index in [0.717, 1.165) is 29.9 Å². The van der Waals surface area contributed by atoms with E-state index in [9.17, 15) is 8.42 Å². The Morgan fingerprint density at radius 2 is 1.70 bits per heavy atom. The largest absolute Gasteiger partial charge is 0.379 e. The van der Waals surface area contributed by atoms with E-state index in [1.807, 2.05) is 47.4 Å². The molecule has 8 nitrogen and oxygen atoms in total. The van der Waals surface area contributed by atoms with Gasteiger partial charge in [0.05, 0.1) is 30.5 Å². The van der Waals surface area contributed by atoms with Gasteiger partial charge >= 0.3 is 0 Å². The van der Waals surface area contributed by atoms with E-state index in [0.29, 0.717) is 36.0 Å². The fourth-order valence-electron chi connectivity index (χ4n) is 3.99. The van der Waals surface area contributed by atoms with Crippen molar-refractivity contribution in [2.75, 3.05) is 40.4 Å². The minimum atomic E-state index is -3.59. The third-order valence-electron chi connectivity index (χ3n) is 5.81. The summed E-state index contributed by atoms with van der Waals surface area (Å²) in [7, 11) is -0.536. The Morgan fingerprint density at radius 1 is 1.06 bits per heavy atom. The van der Waals surface area contributed by atoms with Gasteiger partial charge in [0.2, 0.25) is 14.8 Å². The lowest BCUT2D eigenvalue weighted by Crippen LogP contribution is -2.37. The zero-order chi connectivity index (χ0) is 23.8. The van der Waals surface area contributed by atoms with Gasteiger partial charge in [-0.2, -0.15) is 0 Å². The van der Waals surface area contributed by atoms with Gasteiger partial charge in [0, 0.05) is 32.7 Å². The van der Waals surface area contributed by atoms with Crippen LogP contribution in [-0.4, -0.2) is 72.4 Å². The quantitative estimate of drug-likeness (QED) is 0.497. The molecular weight excluding hydrogens is 458 g/mol. The summed E-state index contributed by atoms with van der Waals surface area (Å²) in [4.78, 5) is 2.46. The van der Waals surface area contributed by atoms with Crippen LogP contribution in [0, 0.1) is 18.6 Å². The minimum Gasteiger partial charge on any atom is -0.379 e. The first-order valence-corrected chi connectivity index (χ1v) is 12.6. The van der Waals surface area contributed by atoms with Gasteiger partial charge in [-0.15, -0.1) is 5.10 Å². The van der Waals surface area contributed by atoms with Crippen molar-refractivity contribution < 1.29 is 13.2 Å². The molecule has 3 aromatic rings. The Kier molecular flexibility index (Phi) is 6.83. The summed E-state index contributed by atoms with van der Waals surface area (Å²) < 4.78 is 36.6. The molecule has 10 heteroatoms. The average molecular weight is 488 g/mol. The van der Waals surface area contributed by atoms with E-state index in [1.165, 1.54) is 18.4 Å². The number of nitrogens with zero attached hydrogens (tertiary/aromatic N) is 5. The highest BCUT2D eigenvalue weighted by Crippen LogP contribution is 2.29. The highest BCUT2D eigenvalue weighted by atomic mass is 32.2. The Balaban J connectivity index is 1.91. The monoisotopic (exact) mass is 487 g/mol. The maximum absolute atomic E-state index is 12.8. The molecule has 4 rings (SSSR count). The second kappa shape index (κ2) is 9.47. The number of aryl methyl sites for hydroxylation is 2.